The average molecular weight is 777 g/mol. The van der Waals surface area contributed by atoms with Crippen molar-refractivity contribution in [2.75, 3.05) is 6.61 Å². The number of allylic oxidation sites excluding steroid dienone is 1. The molecule has 2 aliphatic carbocycles. The molecule has 4 rings (SSSR count). The third-order valence-corrected chi connectivity index (χ3v) is 12.7. The minimum atomic E-state index is -5.26. The van der Waals surface area contributed by atoms with Crippen LogP contribution in [-0.4, -0.2) is 56.6 Å². The van der Waals surface area contributed by atoms with Gasteiger partial charge in [0.1, 0.15) is 17.7 Å². The van der Waals surface area contributed by atoms with Crippen molar-refractivity contribution < 1.29 is 53.8 Å². The van der Waals surface area contributed by atoms with E-state index in [1.807, 2.05) is 139 Å². The molecule has 0 aliphatic heterocycles. The van der Waals surface area contributed by atoms with Gasteiger partial charge >= 0.3 is 35.1 Å². The summed E-state index contributed by atoms with van der Waals surface area (Å²) in [5, 5.41) is 5.43. The Morgan fingerprint density at radius 1 is 0.731 bits per heavy atom. The number of esters is 1. The van der Waals surface area contributed by atoms with Crippen LogP contribution < -0.4 is 21.0 Å². The van der Waals surface area contributed by atoms with Gasteiger partial charge in [-0.05, 0) is 100 Å². The Morgan fingerprint density at radius 2 is 1.21 bits per heavy atom. The molecule has 0 aromatic heterocycles. The van der Waals surface area contributed by atoms with Gasteiger partial charge in [0.2, 0.25) is 5.91 Å². The van der Waals surface area contributed by atoms with Crippen LogP contribution in [0, 0.1) is 63.7 Å². The smallest absolute Gasteiger partial charge is 0.458 e. The van der Waals surface area contributed by atoms with Gasteiger partial charge in [0.05, 0.1) is 6.61 Å². The van der Waals surface area contributed by atoms with Crippen LogP contribution in [0.2, 0.25) is 5.04 Å². The SMILES string of the molecule is CC(C)(C)OC(=O)[C@@H](C/C=C/[C]1[CH][CH][CH][CH]1)NC(=O)[C@H](CO[Si](c1ccccc1)(c1ccccc1)C(C)(C)C)NC(=O)C(F)(F)F.[CH]1[CH][CH][CH][CH]1.[Fe+2]. The molecule has 0 bridgehead atoms. The molecule has 2 atom stereocenters. The van der Waals surface area contributed by atoms with Crippen LogP contribution in [0.5, 0.6) is 0 Å². The summed E-state index contributed by atoms with van der Waals surface area (Å²) in [6.07, 6.45) is 15.5. The summed E-state index contributed by atoms with van der Waals surface area (Å²) in [4.78, 5) is 39.1. The van der Waals surface area contributed by atoms with Gasteiger partial charge in [0.15, 0.2) is 0 Å². The van der Waals surface area contributed by atoms with Crippen molar-refractivity contribution in [2.24, 2.45) is 0 Å². The summed E-state index contributed by atoms with van der Waals surface area (Å²) in [6.45, 7) is 10.3. The van der Waals surface area contributed by atoms with Gasteiger partial charge in [-0.15, -0.1) is 0 Å². The molecule has 2 N–H and O–H groups in total. The van der Waals surface area contributed by atoms with Gasteiger partial charge < -0.3 is 19.8 Å². The molecule has 2 aliphatic rings. The van der Waals surface area contributed by atoms with Gasteiger partial charge in [-0.1, -0.05) is 93.6 Å². The molecular weight excluding hydrogens is 729 g/mol. The molecule has 278 valence electrons. The van der Waals surface area contributed by atoms with E-state index in [4.69, 9.17) is 9.16 Å². The van der Waals surface area contributed by atoms with Crippen molar-refractivity contribution in [1.82, 2.24) is 10.6 Å². The van der Waals surface area contributed by atoms with Crippen LogP contribution >= 0.6 is 0 Å². The fourth-order valence-corrected chi connectivity index (χ4v) is 9.99. The molecule has 2 aromatic carbocycles. The Labute approximate surface area is 319 Å². The van der Waals surface area contributed by atoms with E-state index in [9.17, 15) is 27.6 Å². The van der Waals surface area contributed by atoms with Gasteiger partial charge in [-0.2, -0.15) is 13.2 Å². The number of carbonyl (C=O) groups is 3. The largest absolute Gasteiger partial charge is 2.00 e. The number of ether oxygens (including phenoxy) is 1. The molecule has 2 amide bonds. The summed E-state index contributed by atoms with van der Waals surface area (Å²) in [7, 11) is -3.32. The first-order chi connectivity index (χ1) is 23.9. The minimum Gasteiger partial charge on any atom is -0.458 e. The zero-order valence-electron chi connectivity index (χ0n) is 30.2. The van der Waals surface area contributed by atoms with Gasteiger partial charge in [0, 0.05) is 5.92 Å². The second-order valence-corrected chi connectivity index (χ2v) is 18.2. The summed E-state index contributed by atoms with van der Waals surface area (Å²) < 4.78 is 52.6. The molecule has 2 saturated carbocycles. The van der Waals surface area contributed by atoms with E-state index >= 15 is 0 Å². The number of rotatable bonds is 12. The monoisotopic (exact) mass is 776 g/mol. The summed E-state index contributed by atoms with van der Waals surface area (Å²) >= 11 is 0. The van der Waals surface area contributed by atoms with Crippen LogP contribution in [0.1, 0.15) is 48.0 Å². The Morgan fingerprint density at radius 3 is 1.63 bits per heavy atom. The van der Waals surface area contributed by atoms with Crippen molar-refractivity contribution in [2.45, 2.75) is 76.9 Å². The second-order valence-electron chi connectivity index (χ2n) is 13.9. The predicted molar refractivity (Wildman–Crippen MR) is 195 cm³/mol. The molecule has 0 heterocycles. The van der Waals surface area contributed by atoms with E-state index in [1.54, 1.807) is 38.2 Å². The van der Waals surface area contributed by atoms with Crippen LogP contribution in [0.25, 0.3) is 0 Å². The molecule has 0 saturated heterocycles. The zero-order chi connectivity index (χ0) is 37.7. The fraction of sp³-hybridized carbons (Fsp3) is 0.325. The number of carbonyl (C=O) groups excluding carboxylic acids is 3. The van der Waals surface area contributed by atoms with Crippen LogP contribution in [0.15, 0.2) is 72.8 Å². The molecule has 0 unspecified atom stereocenters. The molecule has 2 aromatic rings. The van der Waals surface area contributed by atoms with E-state index in [0.29, 0.717) is 0 Å². The molecule has 2 fully saturated rings. The normalized spacial score (nSPS) is 16.6. The Hall–Kier alpha value is -2.92. The van der Waals surface area contributed by atoms with Crippen molar-refractivity contribution in [3.05, 3.63) is 137 Å². The topological polar surface area (TPSA) is 93.7 Å². The number of amides is 2. The van der Waals surface area contributed by atoms with E-state index in [0.717, 1.165) is 16.3 Å². The number of hydrogen-bond acceptors (Lipinski definition) is 5. The number of benzene rings is 2. The van der Waals surface area contributed by atoms with Crippen LogP contribution in [0.4, 0.5) is 13.2 Å². The van der Waals surface area contributed by atoms with E-state index < -0.39 is 61.6 Å². The minimum absolute atomic E-state index is 0. The molecule has 52 heavy (non-hydrogen) atoms. The number of alkyl halides is 3. The first-order valence-corrected chi connectivity index (χ1v) is 18.6. The summed E-state index contributed by atoms with van der Waals surface area (Å²) in [6, 6.07) is 15.6. The Balaban J connectivity index is 0.00000143. The standard InChI is InChI=1S/C35H42F3N2O5Si.C5H5.Fe/c1-33(2,3)45-31(42)28(23-15-18-25-16-13-14-17-25)39-30(41)29(40-32(43)35(36,37)38)24-44-46(34(4,5)6,26-19-9-7-10-20-26)27-21-11-8-12-22-27;1-2-4-5-3-1;/h7-22,28-29H,23-24H2,1-6H3,(H,39,41)(H,40,43);1-5H;/q;;+2/b18-15+;;/t28-,29+;;/m1../s1. The van der Waals surface area contributed by atoms with Gasteiger partial charge in [-0.25, -0.2) is 4.79 Å². The Kier molecular flexibility index (Phi) is 17.8. The first kappa shape index (κ1) is 45.2. The average Bonchev–Trinajstić information content (AvgIpc) is 3.81. The maximum atomic E-state index is 13.7. The van der Waals surface area contributed by atoms with Crippen molar-refractivity contribution in [3.63, 3.8) is 0 Å². The molecule has 7 nitrogen and oxygen atoms in total. The number of hydrogen-bond donors (Lipinski definition) is 2. The van der Waals surface area contributed by atoms with Crippen molar-refractivity contribution in [1.29, 1.82) is 0 Å². The quantitative estimate of drug-likeness (QED) is 0.210. The second kappa shape index (κ2) is 20.5. The zero-order valence-corrected chi connectivity index (χ0v) is 32.3. The molecular formula is C40H47F3FeN2O5Si+2. The fourth-order valence-electron chi connectivity index (χ4n) is 5.41. The van der Waals surface area contributed by atoms with E-state index in [2.05, 4.69) is 5.32 Å². The van der Waals surface area contributed by atoms with Crippen LogP contribution in [-0.2, 0) is 40.6 Å². The van der Waals surface area contributed by atoms with E-state index in [1.165, 1.54) is 0 Å². The maximum absolute atomic E-state index is 13.7. The first-order valence-electron chi connectivity index (χ1n) is 16.6. The molecule has 12 heteroatoms. The molecule has 0 spiro atoms. The Bertz CT molecular complexity index is 1370. The van der Waals surface area contributed by atoms with Crippen LogP contribution in [0.3, 0.4) is 0 Å². The van der Waals surface area contributed by atoms with Crippen molar-refractivity contribution >= 4 is 36.5 Å². The van der Waals surface area contributed by atoms with Gasteiger partial charge in [0.25, 0.3) is 8.32 Å². The molecule has 10 radical (unpaired) electrons. The van der Waals surface area contributed by atoms with E-state index in [-0.39, 0.29) is 23.5 Å². The summed E-state index contributed by atoms with van der Waals surface area (Å²) in [5.74, 6) is -3.23. The number of halogens is 3. The summed E-state index contributed by atoms with van der Waals surface area (Å²) in [5.41, 5.74) is -0.897. The predicted octanol–water partition coefficient (Wildman–Crippen LogP) is 5.81. The third kappa shape index (κ3) is 13.8. The maximum Gasteiger partial charge on any atom is 2.00 e. The number of nitrogens with one attached hydrogen (secondary N) is 2. The van der Waals surface area contributed by atoms with Gasteiger partial charge in [-0.3, -0.25) is 9.59 Å². The third-order valence-electron chi connectivity index (χ3n) is 7.70. The van der Waals surface area contributed by atoms with Crippen molar-refractivity contribution in [3.8, 4) is 0 Å².